The number of fused-ring (bicyclic) bond motifs is 1. The zero-order chi connectivity index (χ0) is 27.1. The largest absolute Gasteiger partial charge is 0.481 e. The Hall–Kier alpha value is -4.40. The minimum Gasteiger partial charge on any atom is -0.481 e. The molecule has 1 fully saturated rings. The summed E-state index contributed by atoms with van der Waals surface area (Å²) in [6, 6.07) is 9.76. The quantitative estimate of drug-likeness (QED) is 0.433. The number of carbonyl (C=O) groups is 3. The summed E-state index contributed by atoms with van der Waals surface area (Å²) < 4.78 is 12.1. The van der Waals surface area contributed by atoms with E-state index >= 15 is 0 Å². The second kappa shape index (κ2) is 12.2. The number of nitrogens with zero attached hydrogens (tertiary/aromatic N) is 1. The smallest absolute Gasteiger partial charge is 0.305 e. The molecule has 1 amide bonds. The molecule has 0 radical (unpaired) electrons. The minimum atomic E-state index is -1.08. The van der Waals surface area contributed by atoms with E-state index in [-0.39, 0.29) is 18.8 Å². The van der Waals surface area contributed by atoms with Crippen LogP contribution in [0.15, 0.2) is 88.8 Å². The molecule has 0 spiro atoms. The highest BCUT2D eigenvalue weighted by Gasteiger charge is 2.29. The SMILES string of the molecule is CCCC[C@@H](C(=O)N[C@@H](CC(=O)O)C1=CC=C2OCOC2=CC1)n1cccc(C(=O)c2ccccc2)c1=O. The molecular formula is C29H30N2O7. The molecule has 198 valence electrons. The number of hydrogen-bond donors (Lipinski definition) is 2. The number of pyridine rings is 1. The number of carboxylic acid groups (broad SMARTS) is 1. The van der Waals surface area contributed by atoms with Gasteiger partial charge in [0.1, 0.15) is 6.04 Å². The van der Waals surface area contributed by atoms with Gasteiger partial charge in [-0.3, -0.25) is 19.2 Å². The maximum Gasteiger partial charge on any atom is 0.305 e. The van der Waals surface area contributed by atoms with E-state index in [0.29, 0.717) is 41.9 Å². The van der Waals surface area contributed by atoms with E-state index in [1.807, 2.05) is 6.92 Å². The van der Waals surface area contributed by atoms with E-state index in [9.17, 15) is 24.3 Å². The Balaban J connectivity index is 1.63. The zero-order valence-corrected chi connectivity index (χ0v) is 21.1. The first-order chi connectivity index (χ1) is 18.4. The molecule has 0 bridgehead atoms. The van der Waals surface area contributed by atoms with Gasteiger partial charge in [-0.1, -0.05) is 56.2 Å². The molecule has 1 aliphatic heterocycles. The van der Waals surface area contributed by atoms with E-state index in [1.54, 1.807) is 54.6 Å². The maximum atomic E-state index is 13.6. The summed E-state index contributed by atoms with van der Waals surface area (Å²) in [5.41, 5.74) is 0.431. The number of unbranched alkanes of at least 4 members (excludes halogenated alkanes) is 1. The molecule has 1 aliphatic carbocycles. The Kier molecular flexibility index (Phi) is 8.58. The molecular weight excluding hydrogens is 488 g/mol. The minimum absolute atomic E-state index is 0.0358. The van der Waals surface area contributed by atoms with Crippen LogP contribution in [-0.2, 0) is 19.1 Å². The lowest BCUT2D eigenvalue weighted by molar-refractivity contribution is -0.137. The Morgan fingerprint density at radius 3 is 2.55 bits per heavy atom. The Labute approximate surface area is 220 Å². The summed E-state index contributed by atoms with van der Waals surface area (Å²) in [7, 11) is 0. The molecule has 2 N–H and O–H groups in total. The number of amides is 1. The molecule has 4 rings (SSSR count). The molecule has 2 heterocycles. The van der Waals surface area contributed by atoms with E-state index < -0.39 is 35.3 Å². The Morgan fingerprint density at radius 2 is 1.82 bits per heavy atom. The van der Waals surface area contributed by atoms with Gasteiger partial charge in [0.2, 0.25) is 12.7 Å². The van der Waals surface area contributed by atoms with Crippen LogP contribution in [0, 0.1) is 0 Å². The summed E-state index contributed by atoms with van der Waals surface area (Å²) in [5, 5.41) is 12.4. The summed E-state index contributed by atoms with van der Waals surface area (Å²) in [6.45, 7) is 2.09. The van der Waals surface area contributed by atoms with Crippen LogP contribution in [-0.4, -0.2) is 40.2 Å². The van der Waals surface area contributed by atoms with Crippen LogP contribution in [0.5, 0.6) is 0 Å². The average Bonchev–Trinajstić information content (AvgIpc) is 3.27. The Bertz CT molecular complexity index is 1350. The van der Waals surface area contributed by atoms with Crippen molar-refractivity contribution in [3.8, 4) is 0 Å². The number of carbonyl (C=O) groups excluding carboxylic acids is 2. The topological polar surface area (TPSA) is 124 Å². The zero-order valence-electron chi connectivity index (χ0n) is 21.1. The van der Waals surface area contributed by atoms with Crippen LogP contribution in [0.25, 0.3) is 0 Å². The van der Waals surface area contributed by atoms with Gasteiger partial charge < -0.3 is 24.5 Å². The lowest BCUT2D eigenvalue weighted by Crippen LogP contribution is -2.44. The molecule has 0 unspecified atom stereocenters. The average molecular weight is 519 g/mol. The summed E-state index contributed by atoms with van der Waals surface area (Å²) in [6.07, 6.45) is 8.51. The molecule has 38 heavy (non-hydrogen) atoms. The number of carboxylic acids is 1. The lowest BCUT2D eigenvalue weighted by atomic mass is 9.99. The molecule has 9 heteroatoms. The van der Waals surface area contributed by atoms with Gasteiger partial charge in [0, 0.05) is 11.8 Å². The first-order valence-electron chi connectivity index (χ1n) is 12.6. The standard InChI is InChI=1S/C29H30N2O7/c1-2-3-11-23(31-16-7-10-21(29(31)36)27(34)20-8-5-4-6-9-20)28(35)30-22(17-26(32)33)19-12-14-24-25(15-13-19)38-18-37-24/h4-10,12,14-16,22-23H,2-3,11,13,17-18H2,1H3,(H,30,35)(H,32,33)/t22-,23-/m0/s1. The van der Waals surface area contributed by atoms with Crippen molar-refractivity contribution in [2.45, 2.75) is 51.1 Å². The molecule has 1 aromatic heterocycles. The number of aliphatic carboxylic acids is 1. The first kappa shape index (κ1) is 26.7. The van der Waals surface area contributed by atoms with Gasteiger partial charge in [-0.05, 0) is 42.7 Å². The second-order valence-corrected chi connectivity index (χ2v) is 9.10. The van der Waals surface area contributed by atoms with E-state index in [4.69, 9.17) is 9.47 Å². The number of ketones is 1. The van der Waals surface area contributed by atoms with Crippen LogP contribution in [0.1, 0.15) is 61.0 Å². The number of rotatable bonds is 11. The predicted molar refractivity (Wildman–Crippen MR) is 139 cm³/mol. The monoisotopic (exact) mass is 518 g/mol. The molecule has 1 aromatic carbocycles. The van der Waals surface area contributed by atoms with Crippen molar-refractivity contribution in [3.63, 3.8) is 0 Å². The molecule has 2 atom stereocenters. The van der Waals surface area contributed by atoms with Gasteiger partial charge in [0.05, 0.1) is 18.0 Å². The third-order valence-corrected chi connectivity index (χ3v) is 6.51. The van der Waals surface area contributed by atoms with Crippen molar-refractivity contribution in [1.29, 1.82) is 0 Å². The van der Waals surface area contributed by atoms with Gasteiger partial charge in [-0.15, -0.1) is 0 Å². The summed E-state index contributed by atoms with van der Waals surface area (Å²) in [4.78, 5) is 51.8. The van der Waals surface area contributed by atoms with E-state index in [2.05, 4.69) is 5.32 Å². The van der Waals surface area contributed by atoms with Crippen molar-refractivity contribution in [2.75, 3.05) is 6.79 Å². The molecule has 1 saturated heterocycles. The van der Waals surface area contributed by atoms with Crippen molar-refractivity contribution in [1.82, 2.24) is 9.88 Å². The number of allylic oxidation sites excluding steroid dienone is 3. The van der Waals surface area contributed by atoms with Gasteiger partial charge in [0.15, 0.2) is 17.3 Å². The van der Waals surface area contributed by atoms with E-state index in [0.717, 1.165) is 6.42 Å². The van der Waals surface area contributed by atoms with Gasteiger partial charge in [-0.25, -0.2) is 0 Å². The van der Waals surface area contributed by atoms with Crippen molar-refractivity contribution in [2.24, 2.45) is 0 Å². The number of ether oxygens (including phenoxy) is 2. The normalized spacial score (nSPS) is 15.9. The lowest BCUT2D eigenvalue weighted by Gasteiger charge is -2.25. The van der Waals surface area contributed by atoms with Crippen LogP contribution in [0.2, 0.25) is 0 Å². The van der Waals surface area contributed by atoms with Crippen LogP contribution >= 0.6 is 0 Å². The fourth-order valence-corrected chi connectivity index (χ4v) is 4.49. The number of aromatic nitrogens is 1. The number of hydrogen-bond acceptors (Lipinski definition) is 6. The van der Waals surface area contributed by atoms with Crippen molar-refractivity contribution < 1.29 is 29.0 Å². The number of benzene rings is 1. The maximum absolute atomic E-state index is 13.6. The molecule has 0 saturated carbocycles. The molecule has 2 aliphatic rings. The fraction of sp³-hybridized carbons (Fsp3) is 0.310. The highest BCUT2D eigenvalue weighted by molar-refractivity contribution is 6.08. The first-order valence-corrected chi connectivity index (χ1v) is 12.6. The van der Waals surface area contributed by atoms with Crippen LogP contribution in [0.3, 0.4) is 0 Å². The van der Waals surface area contributed by atoms with Crippen LogP contribution < -0.4 is 10.9 Å². The third kappa shape index (κ3) is 6.11. The van der Waals surface area contributed by atoms with Gasteiger partial charge in [0.25, 0.3) is 5.56 Å². The number of nitrogens with one attached hydrogen (secondary N) is 1. The van der Waals surface area contributed by atoms with Crippen molar-refractivity contribution >= 4 is 17.7 Å². The highest BCUT2D eigenvalue weighted by atomic mass is 16.7. The molecule has 2 aromatic rings. The third-order valence-electron chi connectivity index (χ3n) is 6.51. The molecule has 9 nitrogen and oxygen atoms in total. The van der Waals surface area contributed by atoms with Gasteiger partial charge in [-0.2, -0.15) is 0 Å². The summed E-state index contributed by atoms with van der Waals surface area (Å²) in [5.74, 6) is -0.875. The Morgan fingerprint density at radius 1 is 1.05 bits per heavy atom. The summed E-state index contributed by atoms with van der Waals surface area (Å²) >= 11 is 0. The van der Waals surface area contributed by atoms with Gasteiger partial charge >= 0.3 is 5.97 Å². The second-order valence-electron chi connectivity index (χ2n) is 9.10. The fourth-order valence-electron chi connectivity index (χ4n) is 4.49. The van der Waals surface area contributed by atoms with Crippen LogP contribution in [0.4, 0.5) is 0 Å². The predicted octanol–water partition coefficient (Wildman–Crippen LogP) is 3.87. The highest BCUT2D eigenvalue weighted by Crippen LogP contribution is 2.27. The van der Waals surface area contributed by atoms with E-state index in [1.165, 1.54) is 16.8 Å². The van der Waals surface area contributed by atoms with Crippen molar-refractivity contribution in [3.05, 3.63) is 105 Å².